The number of rotatable bonds is 4. The molecule has 4 aromatic carbocycles. The Bertz CT molecular complexity index is 753. The van der Waals surface area contributed by atoms with Gasteiger partial charge in [0, 0.05) is 0 Å². The van der Waals surface area contributed by atoms with Gasteiger partial charge < -0.3 is 0 Å². The largest absolute Gasteiger partial charge is 0.179 e. The van der Waals surface area contributed by atoms with E-state index in [-0.39, 0.29) is 0 Å². The van der Waals surface area contributed by atoms with Gasteiger partial charge in [-0.25, -0.2) is 0 Å². The summed E-state index contributed by atoms with van der Waals surface area (Å²) in [6.07, 6.45) is 0. The van der Waals surface area contributed by atoms with Gasteiger partial charge >= 0.3 is 0 Å². The van der Waals surface area contributed by atoms with E-state index >= 15 is 0 Å². The van der Waals surface area contributed by atoms with Crippen molar-refractivity contribution < 1.29 is 0 Å². The fraction of sp³-hybridized carbons (Fsp3) is 0. The number of hydrogen-bond donors (Lipinski definition) is 0. The highest BCUT2D eigenvalue weighted by molar-refractivity contribution is 7.19. The Balaban J connectivity index is 2.13. The molecule has 4 rings (SSSR count). The molecule has 0 spiro atoms. The van der Waals surface area contributed by atoms with E-state index in [2.05, 4.69) is 115 Å². The molecular weight excluding hydrogens is 316 g/mol. The van der Waals surface area contributed by atoms with Gasteiger partial charge in [0.1, 0.15) is 0 Å². The van der Waals surface area contributed by atoms with Crippen LogP contribution in [0.2, 0.25) is 0 Å². The molecule has 0 N–H and O–H groups in total. The summed E-state index contributed by atoms with van der Waals surface area (Å²) < 4.78 is 0. The minimum atomic E-state index is -2.33. The Morgan fingerprint density at radius 3 is 1.20 bits per heavy atom. The van der Waals surface area contributed by atoms with Crippen LogP contribution in [0.4, 0.5) is 0 Å². The topological polar surface area (TPSA) is 0 Å². The van der Waals surface area contributed by atoms with E-state index < -0.39 is 8.07 Å². The molecule has 0 saturated heterocycles. The van der Waals surface area contributed by atoms with Gasteiger partial charge in [-0.15, -0.1) is 0 Å². The maximum absolute atomic E-state index is 3.31. The Hall–Kier alpha value is -2.90. The molecule has 0 aliphatic carbocycles. The minimum Gasteiger partial charge on any atom is -0.0623 e. The third kappa shape index (κ3) is 2.73. The lowest BCUT2D eigenvalue weighted by molar-refractivity contribution is 1.66. The molecule has 4 aromatic rings. The van der Waals surface area contributed by atoms with E-state index in [1.165, 1.54) is 20.7 Å². The first-order chi connectivity index (χ1) is 12.4. The zero-order chi connectivity index (χ0) is 17.0. The van der Waals surface area contributed by atoms with Crippen molar-refractivity contribution in [3.05, 3.63) is 121 Å². The summed E-state index contributed by atoms with van der Waals surface area (Å²) in [6.45, 7) is 0. The highest BCUT2D eigenvalue weighted by Gasteiger charge is 2.40. The highest BCUT2D eigenvalue weighted by atomic mass is 28.3. The second kappa shape index (κ2) is 6.92. The van der Waals surface area contributed by atoms with Crippen molar-refractivity contribution in [3.63, 3.8) is 0 Å². The van der Waals surface area contributed by atoms with Gasteiger partial charge in [0.05, 0.1) is 0 Å². The molecule has 0 aromatic heterocycles. The standard InChI is InChI=1S/C24H19Si/c1-5-13-21(14-6-1)25(22-15-7-2-8-16-22,23-17-9-3-10-18-23)24-19-11-4-12-20-24/h1-11,13-20H. The molecule has 0 unspecified atom stereocenters. The second-order valence-electron chi connectivity index (χ2n) is 6.14. The Morgan fingerprint density at radius 1 is 0.440 bits per heavy atom. The summed E-state index contributed by atoms with van der Waals surface area (Å²) in [5.41, 5.74) is 0. The van der Waals surface area contributed by atoms with Crippen LogP contribution in [0.25, 0.3) is 0 Å². The van der Waals surface area contributed by atoms with Crippen LogP contribution in [-0.4, -0.2) is 8.07 Å². The molecular formula is C24H19Si. The quantitative estimate of drug-likeness (QED) is 0.397. The first-order valence-electron chi connectivity index (χ1n) is 8.55. The smallest absolute Gasteiger partial charge is 0.0623 e. The molecule has 25 heavy (non-hydrogen) atoms. The van der Waals surface area contributed by atoms with E-state index in [0.717, 1.165) is 0 Å². The molecule has 1 radical (unpaired) electrons. The molecule has 0 nitrogen and oxygen atoms in total. The Kier molecular flexibility index (Phi) is 4.32. The number of hydrogen-bond acceptors (Lipinski definition) is 0. The molecule has 0 amide bonds. The molecule has 0 fully saturated rings. The second-order valence-corrected chi connectivity index (χ2v) is 9.95. The van der Waals surface area contributed by atoms with Gasteiger partial charge in [0.2, 0.25) is 0 Å². The van der Waals surface area contributed by atoms with E-state index in [9.17, 15) is 0 Å². The maximum Gasteiger partial charge on any atom is 0.179 e. The van der Waals surface area contributed by atoms with Crippen LogP contribution in [0.1, 0.15) is 0 Å². The van der Waals surface area contributed by atoms with Crippen molar-refractivity contribution in [1.29, 1.82) is 0 Å². The van der Waals surface area contributed by atoms with Crippen LogP contribution in [0.3, 0.4) is 0 Å². The van der Waals surface area contributed by atoms with E-state index in [1.807, 2.05) is 6.07 Å². The summed E-state index contributed by atoms with van der Waals surface area (Å²) in [5, 5.41) is 5.55. The van der Waals surface area contributed by atoms with Gasteiger partial charge in [0.15, 0.2) is 8.07 Å². The molecule has 0 saturated carbocycles. The monoisotopic (exact) mass is 335 g/mol. The van der Waals surface area contributed by atoms with Gasteiger partial charge in [0.25, 0.3) is 0 Å². The Morgan fingerprint density at radius 2 is 0.840 bits per heavy atom. The van der Waals surface area contributed by atoms with Gasteiger partial charge in [-0.2, -0.15) is 0 Å². The molecule has 119 valence electrons. The molecule has 0 atom stereocenters. The molecule has 0 aliphatic rings. The van der Waals surface area contributed by atoms with Gasteiger partial charge in [-0.1, -0.05) is 115 Å². The highest BCUT2D eigenvalue weighted by Crippen LogP contribution is 2.08. The normalized spacial score (nSPS) is 11.2. The van der Waals surface area contributed by atoms with Gasteiger partial charge in [-0.05, 0) is 26.8 Å². The van der Waals surface area contributed by atoms with Crippen molar-refractivity contribution in [2.75, 3.05) is 0 Å². The van der Waals surface area contributed by atoms with Crippen molar-refractivity contribution in [2.24, 2.45) is 0 Å². The van der Waals surface area contributed by atoms with Crippen LogP contribution in [-0.2, 0) is 0 Å². The average molecular weight is 336 g/mol. The van der Waals surface area contributed by atoms with Crippen molar-refractivity contribution in [3.8, 4) is 0 Å². The van der Waals surface area contributed by atoms with Gasteiger partial charge in [-0.3, -0.25) is 0 Å². The lowest BCUT2D eigenvalue weighted by atomic mass is 10.3. The van der Waals surface area contributed by atoms with E-state index in [1.54, 1.807) is 0 Å². The summed E-state index contributed by atoms with van der Waals surface area (Å²) in [7, 11) is -2.33. The Labute approximate surface area is 150 Å². The fourth-order valence-electron chi connectivity index (χ4n) is 3.69. The summed E-state index contributed by atoms with van der Waals surface area (Å²) >= 11 is 0. The summed E-state index contributed by atoms with van der Waals surface area (Å²) in [6, 6.07) is 44.6. The zero-order valence-electron chi connectivity index (χ0n) is 14.0. The van der Waals surface area contributed by atoms with Crippen LogP contribution in [0.15, 0.2) is 115 Å². The molecule has 0 aliphatic heterocycles. The van der Waals surface area contributed by atoms with Crippen molar-refractivity contribution in [1.82, 2.24) is 0 Å². The van der Waals surface area contributed by atoms with Crippen molar-refractivity contribution >= 4 is 28.8 Å². The third-order valence-corrected chi connectivity index (χ3v) is 9.54. The van der Waals surface area contributed by atoms with Crippen LogP contribution in [0, 0.1) is 6.07 Å². The van der Waals surface area contributed by atoms with Crippen LogP contribution in [0.5, 0.6) is 0 Å². The van der Waals surface area contributed by atoms with Crippen molar-refractivity contribution in [2.45, 2.75) is 0 Å². The lowest BCUT2D eigenvalue weighted by Crippen LogP contribution is -2.74. The predicted molar refractivity (Wildman–Crippen MR) is 109 cm³/mol. The average Bonchev–Trinajstić information content (AvgIpc) is 2.72. The zero-order valence-corrected chi connectivity index (χ0v) is 15.0. The minimum absolute atomic E-state index is 1.36. The predicted octanol–water partition coefficient (Wildman–Crippen LogP) is 2.86. The number of benzene rings is 4. The molecule has 0 heterocycles. The first-order valence-corrected chi connectivity index (χ1v) is 10.6. The van der Waals surface area contributed by atoms with E-state index in [4.69, 9.17) is 0 Å². The maximum atomic E-state index is 3.31. The summed E-state index contributed by atoms with van der Waals surface area (Å²) in [4.78, 5) is 0. The first kappa shape index (κ1) is 15.6. The molecule has 0 bridgehead atoms. The van der Waals surface area contributed by atoms with Crippen LogP contribution >= 0.6 is 0 Å². The lowest BCUT2D eigenvalue weighted by Gasteiger charge is -2.34. The fourth-order valence-corrected chi connectivity index (χ4v) is 8.41. The molecule has 1 heteroatoms. The van der Waals surface area contributed by atoms with Crippen LogP contribution < -0.4 is 20.7 Å². The van der Waals surface area contributed by atoms with E-state index in [0.29, 0.717) is 0 Å². The summed E-state index contributed by atoms with van der Waals surface area (Å²) in [5.74, 6) is 0. The third-order valence-electron chi connectivity index (χ3n) is 4.76. The SMILES string of the molecule is [c]1cccc([Si](c2ccccc2)(c2ccccc2)c2ccccc2)c1.